The Bertz CT molecular complexity index is 89.0. The zero-order valence-corrected chi connectivity index (χ0v) is 12.0. The van der Waals surface area contributed by atoms with Crippen LogP contribution in [0, 0.1) is 0 Å². The number of rotatable bonds is 5. The first-order valence-electron chi connectivity index (χ1n) is 2.57. The molecule has 0 nitrogen and oxygen atoms in total. The van der Waals surface area contributed by atoms with Gasteiger partial charge in [-0.15, -0.1) is 58.0 Å². The van der Waals surface area contributed by atoms with Crippen LogP contribution in [-0.4, -0.2) is 40.3 Å². The Morgan fingerprint density at radius 3 is 1.55 bits per heavy atom. The van der Waals surface area contributed by atoms with Crippen LogP contribution >= 0.6 is 58.0 Å². The molecule has 0 rings (SSSR count). The summed E-state index contributed by atoms with van der Waals surface area (Å²) < 4.78 is -0.607. The summed E-state index contributed by atoms with van der Waals surface area (Å²) in [5.41, 5.74) is 0.618. The Hall–Kier alpha value is 2.10. The largest absolute Gasteiger partial charge is 0.131 e. The van der Waals surface area contributed by atoms with E-state index in [0.29, 0.717) is 23.6 Å². The van der Waals surface area contributed by atoms with Crippen molar-refractivity contribution in [3.63, 3.8) is 0 Å². The van der Waals surface area contributed by atoms with E-state index in [2.05, 4.69) is 0 Å². The fraction of sp³-hybridized carbons (Fsp3) is 1.00. The minimum Gasteiger partial charge on any atom is -0.131 e. The highest BCUT2D eigenvalue weighted by Gasteiger charge is 2.18. The molecule has 5 radical (unpaired) electrons. The molecule has 0 amide bonds. The van der Waals surface area contributed by atoms with Crippen LogP contribution < -0.4 is 0 Å². The monoisotopic (exact) mass is 299 g/mol. The van der Waals surface area contributed by atoms with Crippen molar-refractivity contribution in [2.75, 3.05) is 5.50 Å². The minimum atomic E-state index is -0.690. The predicted octanol–water partition coefficient (Wildman–Crippen LogP) is 2.18. The van der Waals surface area contributed by atoms with E-state index in [1.165, 1.54) is 0 Å². The van der Waals surface area contributed by atoms with Crippen molar-refractivity contribution in [2.45, 2.75) is 8.92 Å². The molecule has 0 unspecified atom stereocenters. The number of hydrogen-bond acceptors (Lipinski definition) is 0. The zero-order valence-electron chi connectivity index (χ0n) is 5.25. The number of hydrogen-bond donors (Lipinski definition) is 0. The van der Waals surface area contributed by atoms with Crippen molar-refractivity contribution in [2.24, 2.45) is 0 Å². The third-order valence-electron chi connectivity index (χ3n) is 0.700. The van der Waals surface area contributed by atoms with Gasteiger partial charge in [0.2, 0.25) is 0 Å². The van der Waals surface area contributed by atoms with Crippen LogP contribution in [-0.2, 0) is 0 Å². The average molecular weight is 302 g/mol. The second-order valence-corrected chi connectivity index (χ2v) is 15.8. The molecule has 0 aromatic rings. The third kappa shape index (κ3) is 8.43. The van der Waals surface area contributed by atoms with Crippen LogP contribution in [0.25, 0.3) is 0 Å². The van der Waals surface area contributed by atoms with E-state index in [1.54, 1.807) is 0 Å². The van der Waals surface area contributed by atoms with E-state index < -0.39 is 7.83 Å². The lowest BCUT2D eigenvalue weighted by atomic mass is 11.9. The molecule has 0 aromatic carbocycles. The van der Waals surface area contributed by atoms with Gasteiger partial charge in [0, 0.05) is 13.3 Å². The lowest BCUT2D eigenvalue weighted by Gasteiger charge is -2.10. The van der Waals surface area contributed by atoms with Crippen molar-refractivity contribution < 1.29 is 0 Å². The van der Waals surface area contributed by atoms with Crippen LogP contribution in [0.1, 0.15) is 0 Å². The van der Waals surface area contributed by atoms with Gasteiger partial charge in [-0.25, -0.2) is 0 Å². The molecule has 0 saturated carbocycles. The van der Waals surface area contributed by atoms with Crippen LogP contribution in [0.3, 0.4) is 0 Å². The van der Waals surface area contributed by atoms with Gasteiger partial charge in [-0.3, -0.25) is 0 Å². The molecular formula is C3H4Cl5Si3. The van der Waals surface area contributed by atoms with Gasteiger partial charge in [0.05, 0.1) is 27.0 Å². The fourth-order valence-corrected chi connectivity index (χ4v) is 16.2. The molecule has 0 fully saturated rings. The van der Waals surface area contributed by atoms with Crippen molar-refractivity contribution >= 4 is 83.9 Å². The molecule has 63 valence electrons. The molecule has 11 heavy (non-hydrogen) atoms. The van der Waals surface area contributed by atoms with Gasteiger partial charge in [-0.2, -0.15) is 0 Å². The molecule has 0 bridgehead atoms. The number of alkyl halides is 5. The first-order valence-corrected chi connectivity index (χ1v) is 10.7. The first-order chi connectivity index (χ1) is 5.06. The number of halogens is 5. The molecule has 0 aliphatic carbocycles. The van der Waals surface area contributed by atoms with Crippen molar-refractivity contribution in [1.29, 1.82) is 0 Å². The van der Waals surface area contributed by atoms with Gasteiger partial charge in [-0.05, 0) is 0 Å². The fourth-order valence-electron chi connectivity index (χ4n) is 0.382. The lowest BCUT2D eigenvalue weighted by molar-refractivity contribution is 1.89. The summed E-state index contributed by atoms with van der Waals surface area (Å²) in [7, 11) is 0.344. The van der Waals surface area contributed by atoms with Crippen molar-refractivity contribution in [3.8, 4) is 0 Å². The Kier molecular flexibility index (Phi) is 8.93. The van der Waals surface area contributed by atoms with Gasteiger partial charge in [0.25, 0.3) is 0 Å². The molecule has 0 saturated heterocycles. The summed E-state index contributed by atoms with van der Waals surface area (Å²) in [6.45, 7) is 0. The minimum absolute atomic E-state index is 0.303. The van der Waals surface area contributed by atoms with Crippen LogP contribution in [0.2, 0.25) is 0 Å². The highest BCUT2D eigenvalue weighted by molar-refractivity contribution is 7.44. The van der Waals surface area contributed by atoms with Gasteiger partial charge in [-0.1, -0.05) is 0 Å². The summed E-state index contributed by atoms with van der Waals surface area (Å²) in [6, 6.07) is 0. The van der Waals surface area contributed by atoms with E-state index in [4.69, 9.17) is 58.0 Å². The lowest BCUT2D eigenvalue weighted by Crippen LogP contribution is -2.39. The molecule has 0 atom stereocenters. The van der Waals surface area contributed by atoms with Crippen LogP contribution in [0.15, 0.2) is 0 Å². The highest BCUT2D eigenvalue weighted by Crippen LogP contribution is 2.05. The third-order valence-corrected chi connectivity index (χ3v) is 15.2. The van der Waals surface area contributed by atoms with Crippen molar-refractivity contribution in [3.05, 3.63) is 0 Å². The summed E-state index contributed by atoms with van der Waals surface area (Å²) in [4.78, 5) is 0. The maximum atomic E-state index is 5.68. The van der Waals surface area contributed by atoms with Crippen LogP contribution in [0.4, 0.5) is 0 Å². The average Bonchev–Trinajstić information content (AvgIpc) is 1.84. The molecule has 0 N–H and O–H groups in total. The van der Waals surface area contributed by atoms with E-state index in [1.807, 2.05) is 0 Å². The Labute approximate surface area is 97.7 Å². The van der Waals surface area contributed by atoms with E-state index in [0.717, 1.165) is 0 Å². The standard InChI is InChI=1S/C3H4Cl5Si3/c4-1-11(9-2(5)6)10-3(7)8/h2-3H,1H2. The van der Waals surface area contributed by atoms with Gasteiger partial charge < -0.3 is 0 Å². The molecule has 0 aliphatic heterocycles. The molecule has 0 aromatic heterocycles. The Morgan fingerprint density at radius 1 is 1.00 bits per heavy atom. The summed E-state index contributed by atoms with van der Waals surface area (Å²) in [5, 5.41) is 0. The quantitative estimate of drug-likeness (QED) is 0.539. The summed E-state index contributed by atoms with van der Waals surface area (Å²) in [5.74, 6) is 0. The van der Waals surface area contributed by atoms with Crippen molar-refractivity contribution in [1.82, 2.24) is 0 Å². The molecule has 0 heterocycles. The topological polar surface area (TPSA) is 0 Å². The van der Waals surface area contributed by atoms with Gasteiger partial charge in [0.15, 0.2) is 0 Å². The summed E-state index contributed by atoms with van der Waals surface area (Å²) in [6.07, 6.45) is 0. The second-order valence-electron chi connectivity index (χ2n) is 1.50. The van der Waals surface area contributed by atoms with Gasteiger partial charge >= 0.3 is 0 Å². The second kappa shape index (κ2) is 7.50. The van der Waals surface area contributed by atoms with Crippen LogP contribution in [0.5, 0.6) is 0 Å². The molecule has 0 spiro atoms. The first kappa shape index (κ1) is 13.1. The highest BCUT2D eigenvalue weighted by atomic mass is 35.5. The summed E-state index contributed by atoms with van der Waals surface area (Å²) >= 11 is 28.1. The predicted molar refractivity (Wildman–Crippen MR) is 59.0 cm³/mol. The SMILES string of the molecule is ClC[Si]([Si]C(Cl)Cl)[Si]C(Cl)Cl. The van der Waals surface area contributed by atoms with E-state index in [9.17, 15) is 0 Å². The molecule has 0 aliphatic rings. The Morgan fingerprint density at radius 2 is 1.36 bits per heavy atom. The zero-order chi connectivity index (χ0) is 8.85. The van der Waals surface area contributed by atoms with Gasteiger partial charge in [0.1, 0.15) is 0 Å². The smallest absolute Gasteiger partial charge is 0.0898 e. The maximum absolute atomic E-state index is 5.68. The van der Waals surface area contributed by atoms with E-state index in [-0.39, 0.29) is 8.92 Å². The Balaban J connectivity index is 3.58. The van der Waals surface area contributed by atoms with E-state index >= 15 is 0 Å². The molecule has 8 heteroatoms. The molecular weight excluding hydrogens is 298 g/mol. The maximum Gasteiger partial charge on any atom is 0.0898 e. The normalized spacial score (nSPS) is 12.0.